The predicted octanol–water partition coefficient (Wildman–Crippen LogP) is 3.20. The van der Waals surface area contributed by atoms with Crippen LogP contribution in [0.2, 0.25) is 0 Å². The van der Waals surface area contributed by atoms with E-state index in [1.54, 1.807) is 0 Å². The summed E-state index contributed by atoms with van der Waals surface area (Å²) in [5.74, 6) is -10.9. The van der Waals surface area contributed by atoms with Crippen LogP contribution in [0.25, 0.3) is 0 Å². The molecule has 7 heteroatoms. The SMILES string of the molecule is COc1c(F)c(F)c(OC(=O)C(C)(C)C)c(F)c1F. The van der Waals surface area contributed by atoms with Gasteiger partial charge in [0.2, 0.25) is 29.0 Å². The van der Waals surface area contributed by atoms with Crippen molar-refractivity contribution in [2.45, 2.75) is 20.8 Å². The van der Waals surface area contributed by atoms with Crippen molar-refractivity contribution in [1.29, 1.82) is 0 Å². The molecule has 1 aromatic carbocycles. The molecule has 0 atom stereocenters. The minimum Gasteiger partial charge on any atom is -0.491 e. The first-order valence-electron chi connectivity index (χ1n) is 5.23. The van der Waals surface area contributed by atoms with Crippen LogP contribution in [0.4, 0.5) is 17.6 Å². The average molecular weight is 280 g/mol. The van der Waals surface area contributed by atoms with Crippen LogP contribution in [-0.4, -0.2) is 13.1 Å². The minimum absolute atomic E-state index is 0.848. The molecule has 0 aliphatic rings. The van der Waals surface area contributed by atoms with Gasteiger partial charge in [-0.15, -0.1) is 0 Å². The molecule has 0 N–H and O–H groups in total. The van der Waals surface area contributed by atoms with E-state index in [0.717, 1.165) is 7.11 Å². The van der Waals surface area contributed by atoms with Crippen molar-refractivity contribution >= 4 is 5.97 Å². The summed E-state index contributed by atoms with van der Waals surface area (Å²) in [6.07, 6.45) is 0. The molecule has 0 heterocycles. The third kappa shape index (κ3) is 2.80. The van der Waals surface area contributed by atoms with Crippen LogP contribution in [0.15, 0.2) is 0 Å². The van der Waals surface area contributed by atoms with Crippen molar-refractivity contribution in [3.8, 4) is 11.5 Å². The first-order chi connectivity index (χ1) is 8.61. The molecule has 0 aliphatic heterocycles. The van der Waals surface area contributed by atoms with Gasteiger partial charge in [0.1, 0.15) is 0 Å². The van der Waals surface area contributed by atoms with Gasteiger partial charge in [0.25, 0.3) is 0 Å². The Morgan fingerprint density at radius 2 is 1.26 bits per heavy atom. The molecular weight excluding hydrogens is 268 g/mol. The van der Waals surface area contributed by atoms with Crippen LogP contribution in [0.1, 0.15) is 20.8 Å². The lowest BCUT2D eigenvalue weighted by Gasteiger charge is -2.17. The van der Waals surface area contributed by atoms with E-state index in [0.29, 0.717) is 0 Å². The number of esters is 1. The number of carbonyl (C=O) groups is 1. The number of benzene rings is 1. The van der Waals surface area contributed by atoms with Crippen LogP contribution in [-0.2, 0) is 4.79 Å². The fourth-order valence-electron chi connectivity index (χ4n) is 1.11. The van der Waals surface area contributed by atoms with Crippen molar-refractivity contribution in [2.75, 3.05) is 7.11 Å². The molecule has 0 amide bonds. The molecule has 0 radical (unpaired) electrons. The maximum atomic E-state index is 13.5. The van der Waals surface area contributed by atoms with Crippen molar-refractivity contribution in [2.24, 2.45) is 5.41 Å². The number of methoxy groups -OCH3 is 1. The Labute approximate surface area is 107 Å². The lowest BCUT2D eigenvalue weighted by molar-refractivity contribution is -0.143. The quantitative estimate of drug-likeness (QED) is 0.361. The van der Waals surface area contributed by atoms with Crippen molar-refractivity contribution < 1.29 is 31.8 Å². The lowest BCUT2D eigenvalue weighted by Crippen LogP contribution is -2.26. The standard InChI is InChI=1S/C12H12F4O3/c1-12(2,3)11(17)19-10-7(15)5(13)9(18-4)6(14)8(10)16/h1-4H3. The Bertz CT molecular complexity index is 492. The number of rotatable bonds is 2. The number of ether oxygens (including phenoxy) is 2. The summed E-state index contributed by atoms with van der Waals surface area (Å²) in [5, 5.41) is 0. The van der Waals surface area contributed by atoms with Crippen molar-refractivity contribution in [3.63, 3.8) is 0 Å². The summed E-state index contributed by atoms with van der Waals surface area (Å²) in [4.78, 5) is 11.5. The van der Waals surface area contributed by atoms with Crippen LogP contribution < -0.4 is 9.47 Å². The molecule has 106 valence electrons. The molecule has 0 spiro atoms. The molecule has 0 bridgehead atoms. The summed E-state index contributed by atoms with van der Waals surface area (Å²) in [7, 11) is 0.848. The Kier molecular flexibility index (Phi) is 4.07. The van der Waals surface area contributed by atoms with Crippen LogP contribution in [0, 0.1) is 28.7 Å². The Morgan fingerprint density at radius 1 is 0.895 bits per heavy atom. The zero-order chi connectivity index (χ0) is 15.0. The summed E-state index contributed by atoms with van der Waals surface area (Å²) in [6.45, 7) is 4.25. The van der Waals surface area contributed by atoms with Gasteiger partial charge in [0.15, 0.2) is 5.75 Å². The van der Waals surface area contributed by atoms with Gasteiger partial charge in [-0.25, -0.2) is 0 Å². The first kappa shape index (κ1) is 15.3. The number of halogens is 4. The summed E-state index contributed by atoms with van der Waals surface area (Å²) < 4.78 is 62.3. The molecule has 0 saturated carbocycles. The van der Waals surface area contributed by atoms with Crippen LogP contribution in [0.3, 0.4) is 0 Å². The molecule has 0 saturated heterocycles. The molecule has 0 fully saturated rings. The average Bonchev–Trinajstić information content (AvgIpc) is 2.31. The van der Waals surface area contributed by atoms with Crippen molar-refractivity contribution in [3.05, 3.63) is 23.3 Å². The van der Waals surface area contributed by atoms with Gasteiger partial charge in [-0.2, -0.15) is 17.6 Å². The lowest BCUT2D eigenvalue weighted by atomic mass is 9.97. The predicted molar refractivity (Wildman–Crippen MR) is 57.9 cm³/mol. The number of carbonyl (C=O) groups excluding carboxylic acids is 1. The number of hydrogen-bond donors (Lipinski definition) is 0. The summed E-state index contributed by atoms with van der Waals surface area (Å²) in [6, 6.07) is 0. The second kappa shape index (κ2) is 5.07. The van der Waals surface area contributed by atoms with Gasteiger partial charge in [0, 0.05) is 0 Å². The van der Waals surface area contributed by atoms with E-state index in [2.05, 4.69) is 9.47 Å². The van der Waals surface area contributed by atoms with E-state index in [-0.39, 0.29) is 0 Å². The Morgan fingerprint density at radius 3 is 1.58 bits per heavy atom. The first-order valence-corrected chi connectivity index (χ1v) is 5.23. The highest BCUT2D eigenvalue weighted by molar-refractivity contribution is 5.78. The zero-order valence-corrected chi connectivity index (χ0v) is 10.7. The van der Waals surface area contributed by atoms with Gasteiger partial charge in [-0.3, -0.25) is 4.79 Å². The third-order valence-electron chi connectivity index (χ3n) is 2.19. The highest BCUT2D eigenvalue weighted by Crippen LogP contribution is 2.35. The Balaban J connectivity index is 3.35. The molecule has 0 unspecified atom stereocenters. The smallest absolute Gasteiger partial charge is 0.316 e. The zero-order valence-electron chi connectivity index (χ0n) is 10.7. The highest BCUT2D eigenvalue weighted by atomic mass is 19.2. The number of hydrogen-bond acceptors (Lipinski definition) is 3. The molecule has 0 aromatic heterocycles. The molecule has 3 nitrogen and oxygen atoms in total. The van der Waals surface area contributed by atoms with Crippen molar-refractivity contribution in [1.82, 2.24) is 0 Å². The van der Waals surface area contributed by atoms with Crippen LogP contribution in [0.5, 0.6) is 11.5 Å². The molecular formula is C12H12F4O3. The monoisotopic (exact) mass is 280 g/mol. The molecule has 1 aromatic rings. The topological polar surface area (TPSA) is 35.5 Å². The van der Waals surface area contributed by atoms with Gasteiger partial charge in [-0.05, 0) is 20.8 Å². The maximum absolute atomic E-state index is 13.5. The van der Waals surface area contributed by atoms with E-state index in [9.17, 15) is 22.4 Å². The maximum Gasteiger partial charge on any atom is 0.316 e. The minimum atomic E-state index is -1.83. The molecule has 19 heavy (non-hydrogen) atoms. The van der Waals surface area contributed by atoms with E-state index < -0.39 is 46.2 Å². The highest BCUT2D eigenvalue weighted by Gasteiger charge is 2.32. The van der Waals surface area contributed by atoms with Gasteiger partial charge in [0.05, 0.1) is 12.5 Å². The molecule has 1 rings (SSSR count). The van der Waals surface area contributed by atoms with E-state index in [1.807, 2.05) is 0 Å². The van der Waals surface area contributed by atoms with Gasteiger partial charge in [-0.1, -0.05) is 0 Å². The Hall–Kier alpha value is -1.79. The molecule has 0 aliphatic carbocycles. The van der Waals surface area contributed by atoms with E-state index in [1.165, 1.54) is 20.8 Å². The third-order valence-corrected chi connectivity index (χ3v) is 2.19. The fraction of sp³-hybridized carbons (Fsp3) is 0.417. The van der Waals surface area contributed by atoms with Gasteiger partial charge < -0.3 is 9.47 Å². The van der Waals surface area contributed by atoms with E-state index >= 15 is 0 Å². The van der Waals surface area contributed by atoms with Gasteiger partial charge >= 0.3 is 5.97 Å². The van der Waals surface area contributed by atoms with E-state index in [4.69, 9.17) is 0 Å². The largest absolute Gasteiger partial charge is 0.491 e. The second-order valence-electron chi connectivity index (χ2n) is 4.76. The summed E-state index contributed by atoms with van der Waals surface area (Å²) >= 11 is 0. The summed E-state index contributed by atoms with van der Waals surface area (Å²) in [5.41, 5.74) is -1.09. The normalized spacial score (nSPS) is 11.4. The fourth-order valence-corrected chi connectivity index (χ4v) is 1.11. The van der Waals surface area contributed by atoms with Crippen LogP contribution >= 0.6 is 0 Å². The second-order valence-corrected chi connectivity index (χ2v) is 4.76.